The number of ether oxygens (including phenoxy) is 1. The molecule has 0 spiro atoms. The lowest BCUT2D eigenvalue weighted by atomic mass is 10.1. The normalized spacial score (nSPS) is 18.9. The van der Waals surface area contributed by atoms with Crippen molar-refractivity contribution in [2.24, 2.45) is 0 Å². The Morgan fingerprint density at radius 1 is 1.25 bits per heavy atom. The second-order valence-electron chi connectivity index (χ2n) is 4.48. The topological polar surface area (TPSA) is 38.2 Å². The summed E-state index contributed by atoms with van der Waals surface area (Å²) in [4.78, 5) is 10.6. The van der Waals surface area contributed by atoms with Crippen LogP contribution < -0.4 is 4.74 Å². The number of aromatic nitrogens is 2. The highest BCUT2D eigenvalue weighted by molar-refractivity contribution is 4.94. The number of hydrogen-bond acceptors (Lipinski definition) is 4. The highest BCUT2D eigenvalue weighted by Gasteiger charge is 2.22. The second kappa shape index (κ2) is 5.25. The number of likely N-dealkylation sites (tertiary alicyclic amines) is 1. The van der Waals surface area contributed by atoms with Gasteiger partial charge >= 0.3 is 6.01 Å². The maximum Gasteiger partial charge on any atom is 0.316 e. The van der Waals surface area contributed by atoms with Crippen LogP contribution in [0.1, 0.15) is 26.7 Å². The van der Waals surface area contributed by atoms with Crippen LogP contribution in [0.4, 0.5) is 0 Å². The molecule has 16 heavy (non-hydrogen) atoms. The molecule has 0 radical (unpaired) electrons. The summed E-state index contributed by atoms with van der Waals surface area (Å²) in [7, 11) is 0. The molecule has 4 nitrogen and oxygen atoms in total. The third-order valence-electron chi connectivity index (χ3n) is 3.02. The maximum absolute atomic E-state index is 5.73. The van der Waals surface area contributed by atoms with Gasteiger partial charge in [-0.3, -0.25) is 0 Å². The van der Waals surface area contributed by atoms with E-state index in [-0.39, 0.29) is 6.10 Å². The second-order valence-corrected chi connectivity index (χ2v) is 4.48. The third kappa shape index (κ3) is 2.92. The van der Waals surface area contributed by atoms with E-state index in [2.05, 4.69) is 28.7 Å². The Balaban J connectivity index is 1.82. The van der Waals surface area contributed by atoms with Gasteiger partial charge in [0.1, 0.15) is 6.10 Å². The molecule has 0 atom stereocenters. The standard InChI is InChI=1S/C12H19N3O/c1-10(2)15-8-4-11(5-9-15)16-12-13-6-3-7-14-12/h3,6-7,10-11H,4-5,8-9H2,1-2H3. The molecule has 4 heteroatoms. The lowest BCUT2D eigenvalue weighted by Crippen LogP contribution is -2.41. The fraction of sp³-hybridized carbons (Fsp3) is 0.667. The van der Waals surface area contributed by atoms with E-state index in [0.717, 1.165) is 25.9 Å². The Labute approximate surface area is 96.7 Å². The van der Waals surface area contributed by atoms with Gasteiger partial charge in [-0.15, -0.1) is 0 Å². The quantitative estimate of drug-likeness (QED) is 0.779. The van der Waals surface area contributed by atoms with Crippen LogP contribution in [0, 0.1) is 0 Å². The Morgan fingerprint density at radius 2 is 1.88 bits per heavy atom. The van der Waals surface area contributed by atoms with Crippen molar-refractivity contribution in [2.75, 3.05) is 13.1 Å². The molecule has 1 aliphatic heterocycles. The zero-order valence-corrected chi connectivity index (χ0v) is 9.97. The highest BCUT2D eigenvalue weighted by Crippen LogP contribution is 2.16. The summed E-state index contributed by atoms with van der Waals surface area (Å²) in [6, 6.07) is 2.94. The first-order valence-electron chi connectivity index (χ1n) is 5.93. The number of piperidine rings is 1. The van der Waals surface area contributed by atoms with Gasteiger partial charge in [0, 0.05) is 31.5 Å². The van der Waals surface area contributed by atoms with E-state index in [1.807, 2.05) is 0 Å². The van der Waals surface area contributed by atoms with Crippen LogP contribution in [0.15, 0.2) is 18.5 Å². The molecule has 1 saturated heterocycles. The van der Waals surface area contributed by atoms with Crippen molar-refractivity contribution in [3.8, 4) is 6.01 Å². The zero-order chi connectivity index (χ0) is 11.4. The van der Waals surface area contributed by atoms with Crippen LogP contribution in [0.25, 0.3) is 0 Å². The van der Waals surface area contributed by atoms with Crippen molar-refractivity contribution in [1.29, 1.82) is 0 Å². The van der Waals surface area contributed by atoms with Gasteiger partial charge in [0.05, 0.1) is 0 Å². The third-order valence-corrected chi connectivity index (χ3v) is 3.02. The van der Waals surface area contributed by atoms with Crippen LogP contribution in [0.3, 0.4) is 0 Å². The van der Waals surface area contributed by atoms with E-state index in [9.17, 15) is 0 Å². The molecule has 0 aliphatic carbocycles. The van der Waals surface area contributed by atoms with Crippen molar-refractivity contribution in [3.05, 3.63) is 18.5 Å². The molecule has 1 aromatic heterocycles. The van der Waals surface area contributed by atoms with E-state index >= 15 is 0 Å². The Morgan fingerprint density at radius 3 is 2.44 bits per heavy atom. The molecule has 1 aliphatic rings. The molecule has 0 unspecified atom stereocenters. The monoisotopic (exact) mass is 221 g/mol. The van der Waals surface area contributed by atoms with E-state index in [1.165, 1.54) is 0 Å². The van der Waals surface area contributed by atoms with Gasteiger partial charge in [-0.2, -0.15) is 0 Å². The molecule has 1 aromatic rings. The minimum Gasteiger partial charge on any atom is -0.460 e. The van der Waals surface area contributed by atoms with Crippen LogP contribution in [0.2, 0.25) is 0 Å². The molecule has 2 heterocycles. The van der Waals surface area contributed by atoms with Gasteiger partial charge in [0.25, 0.3) is 0 Å². The predicted octanol–water partition coefficient (Wildman–Crippen LogP) is 1.73. The Hall–Kier alpha value is -1.16. The van der Waals surface area contributed by atoms with Crippen molar-refractivity contribution < 1.29 is 4.74 Å². The number of nitrogens with zero attached hydrogens (tertiary/aromatic N) is 3. The van der Waals surface area contributed by atoms with E-state index in [1.54, 1.807) is 18.5 Å². The van der Waals surface area contributed by atoms with Crippen LogP contribution in [0.5, 0.6) is 6.01 Å². The summed E-state index contributed by atoms with van der Waals surface area (Å²) in [6.45, 7) is 6.69. The van der Waals surface area contributed by atoms with Crippen molar-refractivity contribution in [1.82, 2.24) is 14.9 Å². The minimum absolute atomic E-state index is 0.275. The molecular weight excluding hydrogens is 202 g/mol. The van der Waals surface area contributed by atoms with Crippen molar-refractivity contribution in [2.45, 2.75) is 38.8 Å². The van der Waals surface area contributed by atoms with Gasteiger partial charge in [0.2, 0.25) is 0 Å². The molecule has 0 amide bonds. The van der Waals surface area contributed by atoms with E-state index < -0.39 is 0 Å². The average Bonchev–Trinajstić information content (AvgIpc) is 2.31. The van der Waals surface area contributed by atoms with E-state index in [4.69, 9.17) is 4.74 Å². The van der Waals surface area contributed by atoms with Crippen LogP contribution in [-0.4, -0.2) is 40.1 Å². The summed E-state index contributed by atoms with van der Waals surface area (Å²) >= 11 is 0. The van der Waals surface area contributed by atoms with Crippen LogP contribution in [-0.2, 0) is 0 Å². The Bertz CT molecular complexity index is 307. The molecule has 0 saturated carbocycles. The molecule has 0 aromatic carbocycles. The summed E-state index contributed by atoms with van der Waals surface area (Å²) in [5.41, 5.74) is 0. The van der Waals surface area contributed by atoms with Gasteiger partial charge in [-0.1, -0.05) is 0 Å². The zero-order valence-electron chi connectivity index (χ0n) is 9.97. The molecule has 0 N–H and O–H groups in total. The smallest absolute Gasteiger partial charge is 0.316 e. The molecular formula is C12H19N3O. The van der Waals surface area contributed by atoms with Crippen molar-refractivity contribution in [3.63, 3.8) is 0 Å². The SMILES string of the molecule is CC(C)N1CCC(Oc2ncccn2)CC1. The first-order valence-corrected chi connectivity index (χ1v) is 5.93. The maximum atomic E-state index is 5.73. The van der Waals surface area contributed by atoms with E-state index in [0.29, 0.717) is 12.1 Å². The molecule has 88 valence electrons. The summed E-state index contributed by atoms with van der Waals surface area (Å²) < 4.78 is 5.73. The average molecular weight is 221 g/mol. The Kier molecular flexibility index (Phi) is 3.72. The number of rotatable bonds is 3. The fourth-order valence-electron chi connectivity index (χ4n) is 2.01. The predicted molar refractivity (Wildman–Crippen MR) is 62.4 cm³/mol. The van der Waals surface area contributed by atoms with Gasteiger partial charge in [0.15, 0.2) is 0 Å². The minimum atomic E-state index is 0.275. The molecule has 1 fully saturated rings. The van der Waals surface area contributed by atoms with Gasteiger partial charge in [-0.25, -0.2) is 9.97 Å². The largest absolute Gasteiger partial charge is 0.460 e. The number of hydrogen-bond donors (Lipinski definition) is 0. The van der Waals surface area contributed by atoms with Gasteiger partial charge in [-0.05, 0) is 32.8 Å². The van der Waals surface area contributed by atoms with Crippen LogP contribution >= 0.6 is 0 Å². The summed E-state index contributed by atoms with van der Waals surface area (Å²) in [5, 5.41) is 0. The first kappa shape index (κ1) is 11.3. The molecule has 0 bridgehead atoms. The first-order chi connectivity index (χ1) is 7.75. The molecule has 2 rings (SSSR count). The summed E-state index contributed by atoms with van der Waals surface area (Å²) in [6.07, 6.45) is 5.83. The highest BCUT2D eigenvalue weighted by atomic mass is 16.5. The lowest BCUT2D eigenvalue weighted by Gasteiger charge is -2.34. The lowest BCUT2D eigenvalue weighted by molar-refractivity contribution is 0.0778. The van der Waals surface area contributed by atoms with Crippen molar-refractivity contribution >= 4 is 0 Å². The van der Waals surface area contributed by atoms with Gasteiger partial charge < -0.3 is 9.64 Å². The fourth-order valence-corrected chi connectivity index (χ4v) is 2.01. The summed E-state index contributed by atoms with van der Waals surface area (Å²) in [5.74, 6) is 0.